The summed E-state index contributed by atoms with van der Waals surface area (Å²) in [7, 11) is 1.83. The maximum absolute atomic E-state index is 5.91. The highest BCUT2D eigenvalue weighted by molar-refractivity contribution is 9.10. The van der Waals surface area contributed by atoms with Crippen molar-refractivity contribution in [1.29, 1.82) is 0 Å². The number of thiocarbonyl (C=S) groups is 1. The van der Waals surface area contributed by atoms with Crippen LogP contribution < -0.4 is 10.4 Å². The second-order valence-electron chi connectivity index (χ2n) is 4.45. The number of benzene rings is 1. The highest BCUT2D eigenvalue weighted by Gasteiger charge is 2.13. The standard InChI is InChI=1S/C14H14BrClN4S2/c1-9-11(15)12(18-13(16)17-9)20(2)19-14(21)22-8-10-6-4-3-5-7-10/h3-7H,8H2,1-2H3,(H,19,21). The fourth-order valence-electron chi connectivity index (χ4n) is 1.68. The van der Waals surface area contributed by atoms with Crippen LogP contribution in [0.3, 0.4) is 0 Å². The summed E-state index contributed by atoms with van der Waals surface area (Å²) in [5.74, 6) is 1.45. The quantitative estimate of drug-likeness (QED) is 0.453. The van der Waals surface area contributed by atoms with Crippen LogP contribution in [0.15, 0.2) is 34.8 Å². The van der Waals surface area contributed by atoms with Gasteiger partial charge in [0.15, 0.2) is 10.1 Å². The molecule has 0 aliphatic heterocycles. The summed E-state index contributed by atoms with van der Waals surface area (Å²) in [6.07, 6.45) is 0. The molecule has 0 aliphatic rings. The van der Waals surface area contributed by atoms with Crippen LogP contribution in [0, 0.1) is 6.92 Å². The van der Waals surface area contributed by atoms with E-state index in [0.29, 0.717) is 10.1 Å². The van der Waals surface area contributed by atoms with Crippen LogP contribution in [-0.4, -0.2) is 21.3 Å². The Balaban J connectivity index is 1.97. The van der Waals surface area contributed by atoms with Gasteiger partial charge in [-0.25, -0.2) is 4.98 Å². The molecule has 1 aromatic heterocycles. The van der Waals surface area contributed by atoms with Gasteiger partial charge in [-0.2, -0.15) is 4.98 Å². The van der Waals surface area contributed by atoms with Crippen LogP contribution in [0.25, 0.3) is 0 Å². The Morgan fingerprint density at radius 2 is 2.05 bits per heavy atom. The molecule has 0 spiro atoms. The van der Waals surface area contributed by atoms with Gasteiger partial charge in [-0.1, -0.05) is 54.3 Å². The molecule has 0 radical (unpaired) electrons. The summed E-state index contributed by atoms with van der Waals surface area (Å²) in [6, 6.07) is 10.2. The summed E-state index contributed by atoms with van der Waals surface area (Å²) in [6.45, 7) is 1.86. The van der Waals surface area contributed by atoms with E-state index in [1.54, 1.807) is 16.8 Å². The van der Waals surface area contributed by atoms with Gasteiger partial charge in [0.25, 0.3) is 0 Å². The summed E-state index contributed by atoms with van der Waals surface area (Å²) >= 11 is 16.3. The van der Waals surface area contributed by atoms with E-state index < -0.39 is 0 Å². The van der Waals surface area contributed by atoms with Crippen LogP contribution in [0.4, 0.5) is 5.82 Å². The molecule has 0 saturated heterocycles. The van der Waals surface area contributed by atoms with E-state index >= 15 is 0 Å². The van der Waals surface area contributed by atoms with Crippen molar-refractivity contribution in [2.45, 2.75) is 12.7 Å². The van der Waals surface area contributed by atoms with Crippen molar-refractivity contribution in [3.63, 3.8) is 0 Å². The van der Waals surface area contributed by atoms with Gasteiger partial charge in [-0.05, 0) is 40.0 Å². The van der Waals surface area contributed by atoms with Crippen LogP contribution in [0.1, 0.15) is 11.3 Å². The number of thioether (sulfide) groups is 1. The first kappa shape index (κ1) is 17.5. The number of aryl methyl sites for hydroxylation is 1. The van der Waals surface area contributed by atoms with E-state index in [4.69, 9.17) is 23.8 Å². The summed E-state index contributed by atoms with van der Waals surface area (Å²) in [4.78, 5) is 8.29. The average molecular weight is 418 g/mol. The predicted molar refractivity (Wildman–Crippen MR) is 101 cm³/mol. The van der Waals surface area contributed by atoms with Gasteiger partial charge >= 0.3 is 0 Å². The third kappa shape index (κ3) is 4.81. The van der Waals surface area contributed by atoms with Crippen molar-refractivity contribution in [3.05, 3.63) is 51.3 Å². The van der Waals surface area contributed by atoms with Gasteiger partial charge in [0.05, 0.1) is 10.2 Å². The molecule has 0 fully saturated rings. The lowest BCUT2D eigenvalue weighted by Gasteiger charge is -2.22. The Morgan fingerprint density at radius 1 is 1.36 bits per heavy atom. The van der Waals surface area contributed by atoms with Crippen LogP contribution in [-0.2, 0) is 5.75 Å². The molecule has 1 heterocycles. The molecule has 1 aromatic carbocycles. The lowest BCUT2D eigenvalue weighted by molar-refractivity contribution is 0.859. The fraction of sp³-hybridized carbons (Fsp3) is 0.214. The number of aromatic nitrogens is 2. The zero-order valence-electron chi connectivity index (χ0n) is 12.0. The van der Waals surface area contributed by atoms with Crippen LogP contribution in [0.2, 0.25) is 5.28 Å². The number of anilines is 1. The molecule has 1 N–H and O–H groups in total. The molecule has 0 aliphatic carbocycles. The molecule has 2 aromatic rings. The minimum absolute atomic E-state index is 0.201. The zero-order valence-corrected chi connectivity index (χ0v) is 16.0. The molecule has 0 amide bonds. The van der Waals surface area contributed by atoms with Crippen molar-refractivity contribution in [2.24, 2.45) is 0 Å². The highest BCUT2D eigenvalue weighted by Crippen LogP contribution is 2.26. The number of nitrogens with zero attached hydrogens (tertiary/aromatic N) is 3. The number of hydrogen-bond acceptors (Lipinski definition) is 5. The van der Waals surface area contributed by atoms with Gasteiger partial charge in [0, 0.05) is 12.8 Å². The Morgan fingerprint density at radius 3 is 2.73 bits per heavy atom. The lowest BCUT2D eigenvalue weighted by Crippen LogP contribution is -2.38. The molecule has 8 heteroatoms. The third-order valence-electron chi connectivity index (χ3n) is 2.76. The van der Waals surface area contributed by atoms with Gasteiger partial charge in [0.2, 0.25) is 5.28 Å². The van der Waals surface area contributed by atoms with Crippen molar-refractivity contribution >= 4 is 61.6 Å². The Bertz CT molecular complexity index is 669. The van der Waals surface area contributed by atoms with Crippen molar-refractivity contribution in [2.75, 3.05) is 12.1 Å². The van der Waals surface area contributed by atoms with Gasteiger partial charge < -0.3 is 0 Å². The number of halogens is 2. The maximum atomic E-state index is 5.91. The zero-order chi connectivity index (χ0) is 16.1. The monoisotopic (exact) mass is 416 g/mol. The fourth-order valence-corrected chi connectivity index (χ4v) is 3.33. The largest absolute Gasteiger partial charge is 0.281 e. The van der Waals surface area contributed by atoms with Crippen molar-refractivity contribution in [3.8, 4) is 0 Å². The highest BCUT2D eigenvalue weighted by atomic mass is 79.9. The maximum Gasteiger partial charge on any atom is 0.224 e. The third-order valence-corrected chi connectivity index (χ3v) is 5.14. The molecule has 0 saturated carbocycles. The minimum atomic E-state index is 0.201. The molecular weight excluding hydrogens is 404 g/mol. The van der Waals surface area contributed by atoms with Gasteiger partial charge in [-0.3, -0.25) is 10.4 Å². The first-order valence-corrected chi connectivity index (χ1v) is 8.94. The van der Waals surface area contributed by atoms with E-state index in [1.807, 2.05) is 32.2 Å². The van der Waals surface area contributed by atoms with E-state index in [-0.39, 0.29) is 5.28 Å². The first-order valence-electron chi connectivity index (χ1n) is 6.38. The smallest absolute Gasteiger partial charge is 0.224 e. The normalized spacial score (nSPS) is 10.4. The Kier molecular flexibility index (Phi) is 6.43. The van der Waals surface area contributed by atoms with E-state index in [0.717, 1.165) is 15.9 Å². The van der Waals surface area contributed by atoms with Crippen molar-refractivity contribution < 1.29 is 0 Å². The summed E-state index contributed by atoms with van der Waals surface area (Å²) < 4.78 is 1.44. The topological polar surface area (TPSA) is 41.1 Å². The van der Waals surface area contributed by atoms with Gasteiger partial charge in [-0.15, -0.1) is 0 Å². The molecule has 22 heavy (non-hydrogen) atoms. The number of nitrogens with one attached hydrogen (secondary N) is 1. The molecular formula is C14H14BrClN4S2. The Hall–Kier alpha value is -0.890. The van der Waals surface area contributed by atoms with E-state index in [2.05, 4.69) is 43.5 Å². The molecule has 0 atom stereocenters. The SMILES string of the molecule is Cc1nc(Cl)nc(N(C)NC(=S)SCc2ccccc2)c1Br. The van der Waals surface area contributed by atoms with E-state index in [1.165, 1.54) is 5.56 Å². The first-order chi connectivity index (χ1) is 10.5. The molecule has 2 rings (SSSR count). The molecule has 0 unspecified atom stereocenters. The second-order valence-corrected chi connectivity index (χ2v) is 7.23. The molecule has 4 nitrogen and oxygen atoms in total. The molecule has 0 bridgehead atoms. The van der Waals surface area contributed by atoms with Crippen LogP contribution >= 0.6 is 51.5 Å². The van der Waals surface area contributed by atoms with Crippen molar-refractivity contribution in [1.82, 2.24) is 15.4 Å². The van der Waals surface area contributed by atoms with Crippen LogP contribution in [0.5, 0.6) is 0 Å². The minimum Gasteiger partial charge on any atom is -0.281 e. The lowest BCUT2D eigenvalue weighted by atomic mass is 10.2. The second kappa shape index (κ2) is 8.10. The summed E-state index contributed by atoms with van der Waals surface area (Å²) in [5.41, 5.74) is 5.10. The summed E-state index contributed by atoms with van der Waals surface area (Å²) in [5, 5.41) is 1.93. The average Bonchev–Trinajstić information content (AvgIpc) is 2.49. The predicted octanol–water partition coefficient (Wildman–Crippen LogP) is 4.36. The van der Waals surface area contributed by atoms with E-state index in [9.17, 15) is 0 Å². The van der Waals surface area contributed by atoms with Gasteiger partial charge in [0.1, 0.15) is 0 Å². The Labute approximate surface area is 152 Å². The molecule has 116 valence electrons. The number of rotatable bonds is 4. The number of hydrazine groups is 1. The number of hydrogen-bond donors (Lipinski definition) is 1.